The minimum Gasteiger partial charge on any atom is -0.447 e. The molecule has 30 heavy (non-hydrogen) atoms. The van der Waals surface area contributed by atoms with Gasteiger partial charge in [0, 0.05) is 23.1 Å². The predicted octanol–water partition coefficient (Wildman–Crippen LogP) is 5.36. The lowest BCUT2D eigenvalue weighted by molar-refractivity contribution is -0.118. The second-order valence-electron chi connectivity index (χ2n) is 7.07. The van der Waals surface area contributed by atoms with E-state index in [2.05, 4.69) is 15.2 Å². The summed E-state index contributed by atoms with van der Waals surface area (Å²) >= 11 is 7.73. The van der Waals surface area contributed by atoms with Crippen LogP contribution in [0.25, 0.3) is 11.3 Å². The number of aryl methyl sites for hydroxylation is 2. The van der Waals surface area contributed by atoms with Crippen LogP contribution in [0.2, 0.25) is 5.02 Å². The fourth-order valence-electron chi connectivity index (χ4n) is 3.68. The van der Waals surface area contributed by atoms with Crippen molar-refractivity contribution in [1.29, 1.82) is 0 Å². The Kier molecular flexibility index (Phi) is 5.66. The number of fused-ring (bicyclic) bond motifs is 3. The summed E-state index contributed by atoms with van der Waals surface area (Å²) in [6, 6.07) is 11.3. The second kappa shape index (κ2) is 8.24. The van der Waals surface area contributed by atoms with Crippen LogP contribution in [0.15, 0.2) is 41.6 Å². The smallest absolute Gasteiger partial charge is 0.247 e. The van der Waals surface area contributed by atoms with Crippen molar-refractivity contribution >= 4 is 35.0 Å². The van der Waals surface area contributed by atoms with Crippen LogP contribution in [0, 0.1) is 13.8 Å². The number of nitrogens with zero attached hydrogens (tertiary/aromatic N) is 4. The van der Waals surface area contributed by atoms with Crippen molar-refractivity contribution in [3.8, 4) is 17.1 Å². The number of rotatable bonds is 3. The first-order valence-electron chi connectivity index (χ1n) is 9.60. The Balaban J connectivity index is 2.02. The van der Waals surface area contributed by atoms with E-state index in [1.54, 1.807) is 17.0 Å². The monoisotopic (exact) mass is 440 g/mol. The standard InChI is InChI=1S/C22H21ClN4O2S/c1-5-30-22-24-20-18(25-26-22)17-10-12(2)9-13(3)19(17)27(14(4)28)21(29-20)15-7-6-8-16(23)11-15/h6-11,21H,5H2,1-4H3/t21-/m1/s1. The molecule has 4 rings (SSSR count). The van der Waals surface area contributed by atoms with Gasteiger partial charge < -0.3 is 4.74 Å². The normalized spacial score (nSPS) is 15.1. The minimum atomic E-state index is -0.737. The van der Waals surface area contributed by atoms with Gasteiger partial charge in [0.2, 0.25) is 23.2 Å². The van der Waals surface area contributed by atoms with Crippen molar-refractivity contribution in [1.82, 2.24) is 15.2 Å². The highest BCUT2D eigenvalue weighted by Gasteiger charge is 2.35. The average Bonchev–Trinajstić information content (AvgIpc) is 2.83. The van der Waals surface area contributed by atoms with Crippen LogP contribution < -0.4 is 9.64 Å². The Bertz CT molecular complexity index is 1140. The number of anilines is 1. The first-order valence-corrected chi connectivity index (χ1v) is 11.0. The van der Waals surface area contributed by atoms with Gasteiger partial charge in [0.15, 0.2) is 5.69 Å². The van der Waals surface area contributed by atoms with Crippen LogP contribution in [0.1, 0.15) is 36.8 Å². The van der Waals surface area contributed by atoms with E-state index in [0.29, 0.717) is 21.8 Å². The predicted molar refractivity (Wildman–Crippen MR) is 119 cm³/mol. The van der Waals surface area contributed by atoms with Gasteiger partial charge in [-0.2, -0.15) is 4.98 Å². The Morgan fingerprint density at radius 1 is 1.23 bits per heavy atom. The molecule has 1 atom stereocenters. The molecule has 8 heteroatoms. The van der Waals surface area contributed by atoms with E-state index in [1.807, 2.05) is 45.0 Å². The van der Waals surface area contributed by atoms with Crippen molar-refractivity contribution < 1.29 is 9.53 Å². The Morgan fingerprint density at radius 2 is 2.03 bits per heavy atom. The summed E-state index contributed by atoms with van der Waals surface area (Å²) in [5, 5.41) is 9.79. The Hall–Kier alpha value is -2.64. The van der Waals surface area contributed by atoms with Gasteiger partial charge in [-0.3, -0.25) is 9.69 Å². The molecule has 1 aliphatic rings. The molecule has 2 heterocycles. The Morgan fingerprint density at radius 3 is 2.73 bits per heavy atom. The van der Waals surface area contributed by atoms with Crippen molar-refractivity contribution in [2.45, 2.75) is 39.1 Å². The summed E-state index contributed by atoms with van der Waals surface area (Å²) in [6.07, 6.45) is -0.737. The first kappa shape index (κ1) is 20.6. The van der Waals surface area contributed by atoms with Crippen LogP contribution in [0.5, 0.6) is 5.88 Å². The number of benzene rings is 2. The summed E-state index contributed by atoms with van der Waals surface area (Å²) in [6.45, 7) is 7.53. The molecule has 0 spiro atoms. The zero-order valence-electron chi connectivity index (χ0n) is 17.1. The third-order valence-corrected chi connectivity index (χ3v) is 5.74. The SMILES string of the molecule is CCSc1nnc2c(n1)O[C@H](c1cccc(Cl)c1)N(C(C)=O)c1c(C)cc(C)cc1-2. The zero-order valence-corrected chi connectivity index (χ0v) is 18.7. The second-order valence-corrected chi connectivity index (χ2v) is 8.74. The molecule has 0 N–H and O–H groups in total. The zero-order chi connectivity index (χ0) is 21.4. The van der Waals surface area contributed by atoms with E-state index < -0.39 is 6.23 Å². The van der Waals surface area contributed by atoms with E-state index in [-0.39, 0.29) is 5.91 Å². The van der Waals surface area contributed by atoms with Gasteiger partial charge in [-0.15, -0.1) is 10.2 Å². The van der Waals surface area contributed by atoms with Crippen LogP contribution >= 0.6 is 23.4 Å². The summed E-state index contributed by atoms with van der Waals surface area (Å²) in [4.78, 5) is 19.1. The molecule has 6 nitrogen and oxygen atoms in total. The molecule has 0 bridgehead atoms. The molecular weight excluding hydrogens is 420 g/mol. The third-order valence-electron chi connectivity index (χ3n) is 4.78. The summed E-state index contributed by atoms with van der Waals surface area (Å²) in [7, 11) is 0. The molecule has 1 aliphatic heterocycles. The number of thioether (sulfide) groups is 1. The minimum absolute atomic E-state index is 0.155. The molecule has 2 aromatic carbocycles. The maximum absolute atomic E-state index is 12.9. The molecule has 0 saturated carbocycles. The van der Waals surface area contributed by atoms with Crippen LogP contribution in [-0.4, -0.2) is 26.8 Å². The topological polar surface area (TPSA) is 68.2 Å². The van der Waals surface area contributed by atoms with Gasteiger partial charge in [-0.05, 0) is 43.4 Å². The average molecular weight is 441 g/mol. The van der Waals surface area contributed by atoms with Crippen LogP contribution in [-0.2, 0) is 4.79 Å². The van der Waals surface area contributed by atoms with Gasteiger partial charge in [-0.1, -0.05) is 54.0 Å². The van der Waals surface area contributed by atoms with Gasteiger partial charge in [0.1, 0.15) is 0 Å². The lowest BCUT2D eigenvalue weighted by atomic mass is 10.00. The van der Waals surface area contributed by atoms with Crippen LogP contribution in [0.3, 0.4) is 0 Å². The maximum Gasteiger partial charge on any atom is 0.247 e. The van der Waals surface area contributed by atoms with Gasteiger partial charge >= 0.3 is 0 Å². The highest BCUT2D eigenvalue weighted by molar-refractivity contribution is 7.99. The van der Waals surface area contributed by atoms with Gasteiger partial charge in [-0.25, -0.2) is 0 Å². The molecule has 154 valence electrons. The summed E-state index contributed by atoms with van der Waals surface area (Å²) in [5.74, 6) is 1.00. The van der Waals surface area contributed by atoms with E-state index >= 15 is 0 Å². The number of ether oxygens (including phenoxy) is 1. The maximum atomic E-state index is 12.9. The van der Waals surface area contributed by atoms with E-state index in [1.165, 1.54) is 18.7 Å². The largest absolute Gasteiger partial charge is 0.447 e. The number of hydrogen-bond acceptors (Lipinski definition) is 6. The van der Waals surface area contributed by atoms with Crippen molar-refractivity contribution in [3.05, 3.63) is 58.1 Å². The Labute approximate surface area is 184 Å². The first-order chi connectivity index (χ1) is 14.4. The van der Waals surface area contributed by atoms with Crippen molar-refractivity contribution in [2.75, 3.05) is 10.7 Å². The molecule has 1 amide bonds. The third kappa shape index (κ3) is 3.75. The van der Waals surface area contributed by atoms with Crippen molar-refractivity contribution in [2.24, 2.45) is 0 Å². The highest BCUT2D eigenvalue weighted by Crippen LogP contribution is 2.45. The van der Waals surface area contributed by atoms with Gasteiger partial charge in [0.25, 0.3) is 0 Å². The lowest BCUT2D eigenvalue weighted by Crippen LogP contribution is -2.36. The molecule has 1 aromatic heterocycles. The fraction of sp³-hybridized carbons (Fsp3) is 0.273. The van der Waals surface area contributed by atoms with E-state index in [9.17, 15) is 4.79 Å². The van der Waals surface area contributed by atoms with Gasteiger partial charge in [0.05, 0.1) is 5.69 Å². The lowest BCUT2D eigenvalue weighted by Gasteiger charge is -2.31. The number of amides is 1. The molecule has 0 unspecified atom stereocenters. The molecule has 0 aliphatic carbocycles. The molecule has 0 fully saturated rings. The molecular formula is C22H21ClN4O2S. The molecule has 3 aromatic rings. The summed E-state index contributed by atoms with van der Waals surface area (Å²) in [5.41, 5.74) is 4.78. The quantitative estimate of drug-likeness (QED) is 0.510. The number of carbonyl (C=O) groups is 1. The summed E-state index contributed by atoms with van der Waals surface area (Å²) < 4.78 is 6.36. The fourth-order valence-corrected chi connectivity index (χ4v) is 4.38. The number of aromatic nitrogens is 3. The van der Waals surface area contributed by atoms with E-state index in [4.69, 9.17) is 16.3 Å². The number of halogens is 1. The highest BCUT2D eigenvalue weighted by atomic mass is 35.5. The van der Waals surface area contributed by atoms with E-state index in [0.717, 1.165) is 33.7 Å². The number of carbonyl (C=O) groups excluding carboxylic acids is 1. The van der Waals surface area contributed by atoms with Crippen LogP contribution in [0.4, 0.5) is 5.69 Å². The molecule has 0 radical (unpaired) electrons. The van der Waals surface area contributed by atoms with Crippen molar-refractivity contribution in [3.63, 3.8) is 0 Å². The molecule has 0 saturated heterocycles. The number of hydrogen-bond donors (Lipinski definition) is 0.